The van der Waals surface area contributed by atoms with Crippen molar-refractivity contribution < 1.29 is 32.7 Å². The van der Waals surface area contributed by atoms with Gasteiger partial charge in [-0.1, -0.05) is 29.8 Å². The van der Waals surface area contributed by atoms with Gasteiger partial charge in [-0.15, -0.1) is 0 Å². The molecule has 1 aromatic carbocycles. The standard InChI is InChI=1S/C18H21F3N2O4/c1-11-2-4-12(5-3-11)6-7-15(24)22-8-16(25)23-9-13(17(26)27)14(10-23)18(19,20)21/h2-5,13-14H,6-10H2,1H3,(H,22,24)(H,26,27)/t13-,14-/m1/s1. The van der Waals surface area contributed by atoms with E-state index in [4.69, 9.17) is 5.11 Å². The molecule has 1 aliphatic heterocycles. The minimum absolute atomic E-state index is 0.138. The number of carbonyl (C=O) groups excluding carboxylic acids is 2. The highest BCUT2D eigenvalue weighted by Crippen LogP contribution is 2.37. The second-order valence-electron chi connectivity index (χ2n) is 6.65. The van der Waals surface area contributed by atoms with Gasteiger partial charge in [0.25, 0.3) is 0 Å². The SMILES string of the molecule is Cc1ccc(CCC(=O)NCC(=O)N2C[C@@H](C(F)(F)F)[C@H](C(=O)O)C2)cc1. The fraction of sp³-hybridized carbons (Fsp3) is 0.500. The van der Waals surface area contributed by atoms with Crippen molar-refractivity contribution in [1.29, 1.82) is 0 Å². The van der Waals surface area contributed by atoms with Crippen LogP contribution in [-0.4, -0.2) is 53.6 Å². The number of alkyl halides is 3. The van der Waals surface area contributed by atoms with Gasteiger partial charge >= 0.3 is 12.1 Å². The van der Waals surface area contributed by atoms with Crippen LogP contribution in [0.15, 0.2) is 24.3 Å². The van der Waals surface area contributed by atoms with E-state index in [1.54, 1.807) is 0 Å². The molecule has 1 aromatic rings. The molecule has 0 saturated carbocycles. The molecule has 0 aromatic heterocycles. The number of hydrogen-bond donors (Lipinski definition) is 2. The molecule has 1 fully saturated rings. The largest absolute Gasteiger partial charge is 0.481 e. The minimum atomic E-state index is -4.70. The van der Waals surface area contributed by atoms with E-state index in [1.165, 1.54) is 0 Å². The molecular formula is C18H21F3N2O4. The first kappa shape index (κ1) is 20.7. The Bertz CT molecular complexity index is 704. The quantitative estimate of drug-likeness (QED) is 0.780. The van der Waals surface area contributed by atoms with Crippen LogP contribution >= 0.6 is 0 Å². The number of likely N-dealkylation sites (tertiary alicyclic amines) is 1. The lowest BCUT2D eigenvalue weighted by Gasteiger charge is -2.18. The van der Waals surface area contributed by atoms with Crippen LogP contribution in [0.5, 0.6) is 0 Å². The average Bonchev–Trinajstić information content (AvgIpc) is 3.05. The van der Waals surface area contributed by atoms with Crippen LogP contribution in [0.4, 0.5) is 13.2 Å². The second-order valence-corrected chi connectivity index (χ2v) is 6.65. The van der Waals surface area contributed by atoms with E-state index in [1.807, 2.05) is 31.2 Å². The third-order valence-electron chi connectivity index (χ3n) is 4.61. The number of halogens is 3. The highest BCUT2D eigenvalue weighted by Gasteiger charge is 2.53. The lowest BCUT2D eigenvalue weighted by atomic mass is 9.96. The number of benzene rings is 1. The number of nitrogens with zero attached hydrogens (tertiary/aromatic N) is 1. The summed E-state index contributed by atoms with van der Waals surface area (Å²) < 4.78 is 38.8. The van der Waals surface area contributed by atoms with Crippen molar-refractivity contribution in [2.24, 2.45) is 11.8 Å². The van der Waals surface area contributed by atoms with Crippen molar-refractivity contribution in [3.63, 3.8) is 0 Å². The monoisotopic (exact) mass is 386 g/mol. The molecule has 0 aliphatic carbocycles. The second kappa shape index (κ2) is 8.41. The number of rotatable bonds is 6. The van der Waals surface area contributed by atoms with Gasteiger partial charge in [0.2, 0.25) is 11.8 Å². The van der Waals surface area contributed by atoms with Crippen LogP contribution in [0.2, 0.25) is 0 Å². The summed E-state index contributed by atoms with van der Waals surface area (Å²) >= 11 is 0. The number of aliphatic carboxylic acids is 1. The Morgan fingerprint density at radius 2 is 1.81 bits per heavy atom. The maximum absolute atomic E-state index is 12.9. The van der Waals surface area contributed by atoms with Crippen LogP contribution in [0.1, 0.15) is 17.5 Å². The molecule has 0 unspecified atom stereocenters. The van der Waals surface area contributed by atoms with E-state index >= 15 is 0 Å². The van der Waals surface area contributed by atoms with Crippen molar-refractivity contribution in [2.45, 2.75) is 25.9 Å². The van der Waals surface area contributed by atoms with Crippen molar-refractivity contribution in [2.75, 3.05) is 19.6 Å². The van der Waals surface area contributed by atoms with Gasteiger partial charge in [0.05, 0.1) is 18.4 Å². The Balaban J connectivity index is 1.82. The van der Waals surface area contributed by atoms with Crippen LogP contribution < -0.4 is 5.32 Å². The van der Waals surface area contributed by atoms with Crippen LogP contribution in [0, 0.1) is 18.8 Å². The Kier molecular flexibility index (Phi) is 6.45. The van der Waals surface area contributed by atoms with Crippen LogP contribution in [0.3, 0.4) is 0 Å². The predicted octanol–water partition coefficient (Wildman–Crippen LogP) is 1.77. The zero-order valence-corrected chi connectivity index (χ0v) is 14.8. The number of carbonyl (C=O) groups is 3. The molecule has 6 nitrogen and oxygen atoms in total. The fourth-order valence-corrected chi connectivity index (χ4v) is 2.98. The molecule has 2 N–H and O–H groups in total. The number of carboxylic acid groups (broad SMARTS) is 1. The van der Waals surface area contributed by atoms with Gasteiger partial charge < -0.3 is 15.3 Å². The first-order valence-electron chi connectivity index (χ1n) is 8.47. The fourth-order valence-electron chi connectivity index (χ4n) is 2.98. The summed E-state index contributed by atoms with van der Waals surface area (Å²) in [6.45, 7) is 0.262. The summed E-state index contributed by atoms with van der Waals surface area (Å²) in [5.41, 5.74) is 2.05. The molecule has 0 spiro atoms. The lowest BCUT2D eigenvalue weighted by molar-refractivity contribution is -0.188. The molecule has 1 saturated heterocycles. The molecular weight excluding hydrogens is 365 g/mol. The Hall–Kier alpha value is -2.58. The van der Waals surface area contributed by atoms with Crippen molar-refractivity contribution in [3.8, 4) is 0 Å². The Morgan fingerprint density at radius 3 is 2.33 bits per heavy atom. The number of carboxylic acids is 1. The topological polar surface area (TPSA) is 86.7 Å². The summed E-state index contributed by atoms with van der Waals surface area (Å²) in [5, 5.41) is 11.3. The van der Waals surface area contributed by atoms with Gasteiger partial charge in [0, 0.05) is 19.5 Å². The molecule has 0 bridgehead atoms. The van der Waals surface area contributed by atoms with Crippen molar-refractivity contribution in [1.82, 2.24) is 10.2 Å². The molecule has 1 aliphatic rings. The number of hydrogen-bond acceptors (Lipinski definition) is 3. The zero-order chi connectivity index (χ0) is 20.2. The zero-order valence-electron chi connectivity index (χ0n) is 14.8. The maximum Gasteiger partial charge on any atom is 0.394 e. The van der Waals surface area contributed by atoms with Gasteiger partial charge in [-0.05, 0) is 18.9 Å². The van der Waals surface area contributed by atoms with Gasteiger partial charge in [0.15, 0.2) is 0 Å². The van der Waals surface area contributed by atoms with E-state index in [0.29, 0.717) is 6.42 Å². The third-order valence-corrected chi connectivity index (χ3v) is 4.61. The molecule has 9 heteroatoms. The third kappa shape index (κ3) is 5.70. The summed E-state index contributed by atoms with van der Waals surface area (Å²) in [6.07, 6.45) is -4.09. The van der Waals surface area contributed by atoms with E-state index in [0.717, 1.165) is 16.0 Å². The van der Waals surface area contributed by atoms with Gasteiger partial charge in [-0.2, -0.15) is 13.2 Å². The van der Waals surface area contributed by atoms with Crippen LogP contribution in [0.25, 0.3) is 0 Å². The summed E-state index contributed by atoms with van der Waals surface area (Å²) in [5.74, 6) is -6.50. The first-order chi connectivity index (χ1) is 12.6. The normalized spacial score (nSPS) is 19.8. The molecule has 2 atom stereocenters. The van der Waals surface area contributed by atoms with Gasteiger partial charge in [0.1, 0.15) is 0 Å². The van der Waals surface area contributed by atoms with E-state index in [2.05, 4.69) is 5.32 Å². The molecule has 148 valence electrons. The molecule has 27 heavy (non-hydrogen) atoms. The summed E-state index contributed by atoms with van der Waals surface area (Å²) in [6, 6.07) is 7.61. The minimum Gasteiger partial charge on any atom is -0.481 e. The Labute approximate surface area is 154 Å². The predicted molar refractivity (Wildman–Crippen MR) is 89.8 cm³/mol. The van der Waals surface area contributed by atoms with Gasteiger partial charge in [-0.3, -0.25) is 14.4 Å². The van der Waals surface area contributed by atoms with E-state index in [9.17, 15) is 27.6 Å². The van der Waals surface area contributed by atoms with Crippen molar-refractivity contribution >= 4 is 17.8 Å². The smallest absolute Gasteiger partial charge is 0.394 e. The first-order valence-corrected chi connectivity index (χ1v) is 8.47. The summed E-state index contributed by atoms with van der Waals surface area (Å²) in [4.78, 5) is 35.8. The summed E-state index contributed by atoms with van der Waals surface area (Å²) in [7, 11) is 0. The number of amides is 2. The maximum atomic E-state index is 12.9. The van der Waals surface area contributed by atoms with E-state index < -0.39 is 55.4 Å². The van der Waals surface area contributed by atoms with Crippen molar-refractivity contribution in [3.05, 3.63) is 35.4 Å². The molecule has 1 heterocycles. The molecule has 2 rings (SSSR count). The highest BCUT2D eigenvalue weighted by molar-refractivity contribution is 5.85. The lowest BCUT2D eigenvalue weighted by Crippen LogP contribution is -2.40. The molecule has 0 radical (unpaired) electrons. The molecule has 2 amide bonds. The van der Waals surface area contributed by atoms with Crippen LogP contribution in [-0.2, 0) is 20.8 Å². The Morgan fingerprint density at radius 1 is 1.19 bits per heavy atom. The van der Waals surface area contributed by atoms with Gasteiger partial charge in [-0.25, -0.2) is 0 Å². The highest BCUT2D eigenvalue weighted by atomic mass is 19.4. The number of nitrogens with one attached hydrogen (secondary N) is 1. The van der Waals surface area contributed by atoms with E-state index in [-0.39, 0.29) is 6.42 Å². The average molecular weight is 386 g/mol. The number of aryl methyl sites for hydroxylation is 2.